The smallest absolute Gasteiger partial charge is 0.275 e. The van der Waals surface area contributed by atoms with Crippen molar-refractivity contribution in [1.29, 1.82) is 0 Å². The molecule has 1 amide bonds. The van der Waals surface area contributed by atoms with E-state index in [2.05, 4.69) is 21.8 Å². The van der Waals surface area contributed by atoms with Crippen LogP contribution in [0, 0.1) is 29.0 Å². The number of halogens is 5. The van der Waals surface area contributed by atoms with Crippen LogP contribution in [-0.4, -0.2) is 59.7 Å². The van der Waals surface area contributed by atoms with Crippen LogP contribution in [-0.2, 0) is 32.3 Å². The van der Waals surface area contributed by atoms with E-state index in [1.807, 2.05) is 0 Å². The Balaban J connectivity index is 0.00000353. The van der Waals surface area contributed by atoms with Crippen LogP contribution in [0.2, 0.25) is 5.02 Å². The maximum absolute atomic E-state index is 14.5. The van der Waals surface area contributed by atoms with Crippen LogP contribution < -0.4 is 9.64 Å². The van der Waals surface area contributed by atoms with E-state index in [9.17, 15) is 22.4 Å². The standard InChI is InChI=1S/C27H30ClF4N4O2.Mo/c1-26(18-4-7-35(8-5-18)25-33-13-21(28)14-34-25)12-19(26)6-9-38-22-3-2-17(23(29)11-22)10-24(37)36-15-20(16-36)27(30,31)32;/h2-3,11,13-14,18-19H,4-10,12,15-16H2,1H3;/q-1;. The molecule has 0 N–H and O–H groups in total. The molecule has 1 aromatic heterocycles. The molecule has 1 saturated carbocycles. The van der Waals surface area contributed by atoms with E-state index in [-0.39, 0.29) is 38.5 Å². The first-order valence-electron chi connectivity index (χ1n) is 12.9. The van der Waals surface area contributed by atoms with Crippen LogP contribution in [0.15, 0.2) is 30.6 Å². The molecule has 3 heterocycles. The SMILES string of the molecule is CC1(C2CCN(c3ncc(Cl)cn3)CC2)CC1CCOc1ccc(CC(=O)N2C[C-](C(F)(F)F)C2)c(F)c1.[Mo]. The molecule has 2 saturated heterocycles. The van der Waals surface area contributed by atoms with Crippen LogP contribution in [0.25, 0.3) is 0 Å². The van der Waals surface area contributed by atoms with Crippen LogP contribution in [0.1, 0.15) is 38.2 Å². The van der Waals surface area contributed by atoms with Crippen molar-refractivity contribution >= 4 is 23.5 Å². The van der Waals surface area contributed by atoms with Gasteiger partial charge in [0.25, 0.3) is 6.18 Å². The van der Waals surface area contributed by atoms with Gasteiger partial charge in [0.15, 0.2) is 0 Å². The van der Waals surface area contributed by atoms with Gasteiger partial charge in [0.2, 0.25) is 11.9 Å². The Kier molecular flexibility index (Phi) is 9.16. The van der Waals surface area contributed by atoms with Gasteiger partial charge in [-0.15, -0.1) is 0 Å². The Labute approximate surface area is 244 Å². The van der Waals surface area contributed by atoms with Crippen LogP contribution in [0.5, 0.6) is 5.75 Å². The second-order valence-electron chi connectivity index (χ2n) is 10.8. The number of hydrogen-bond acceptors (Lipinski definition) is 5. The first-order chi connectivity index (χ1) is 18.0. The predicted molar refractivity (Wildman–Crippen MR) is 134 cm³/mol. The summed E-state index contributed by atoms with van der Waals surface area (Å²) >= 11 is 5.89. The number of alkyl halides is 3. The summed E-state index contributed by atoms with van der Waals surface area (Å²) < 4.78 is 58.1. The van der Waals surface area contributed by atoms with E-state index in [0.29, 0.717) is 29.2 Å². The zero-order valence-corrected chi connectivity index (χ0v) is 24.3. The summed E-state index contributed by atoms with van der Waals surface area (Å²) in [6, 6.07) is 4.32. The topological polar surface area (TPSA) is 58.6 Å². The Morgan fingerprint density at radius 1 is 1.21 bits per heavy atom. The molecule has 2 aliphatic heterocycles. The molecule has 2 atom stereocenters. The average molecular weight is 650 g/mol. The second-order valence-corrected chi connectivity index (χ2v) is 11.2. The zero-order valence-electron chi connectivity index (χ0n) is 21.5. The van der Waals surface area contributed by atoms with Crippen molar-refractivity contribution in [3.05, 3.63) is 52.9 Å². The van der Waals surface area contributed by atoms with Crippen molar-refractivity contribution < 1.29 is 48.2 Å². The van der Waals surface area contributed by atoms with Gasteiger partial charge < -0.3 is 14.5 Å². The van der Waals surface area contributed by atoms with Gasteiger partial charge in [0.05, 0.1) is 30.4 Å². The van der Waals surface area contributed by atoms with E-state index in [4.69, 9.17) is 16.3 Å². The third-order valence-electron chi connectivity index (χ3n) is 8.39. The Bertz CT molecular complexity index is 1160. The summed E-state index contributed by atoms with van der Waals surface area (Å²) in [6.07, 6.45) is 2.77. The molecule has 3 aliphatic rings. The monoisotopic (exact) mass is 651 g/mol. The summed E-state index contributed by atoms with van der Waals surface area (Å²) in [5.74, 6) is 0.531. The number of benzene rings is 1. The Morgan fingerprint density at radius 3 is 2.49 bits per heavy atom. The molecule has 0 radical (unpaired) electrons. The number of piperidine rings is 1. The number of likely N-dealkylation sites (tertiary alicyclic amines) is 1. The van der Waals surface area contributed by atoms with Crippen molar-refractivity contribution in [3.63, 3.8) is 0 Å². The summed E-state index contributed by atoms with van der Waals surface area (Å²) in [5.41, 5.74) is 0.430. The number of hydrogen-bond donors (Lipinski definition) is 0. The summed E-state index contributed by atoms with van der Waals surface area (Å²) in [6.45, 7) is 3.76. The summed E-state index contributed by atoms with van der Waals surface area (Å²) in [4.78, 5) is 24.1. The molecule has 0 bridgehead atoms. The fourth-order valence-corrected chi connectivity index (χ4v) is 5.83. The minimum atomic E-state index is -4.38. The van der Waals surface area contributed by atoms with E-state index < -0.39 is 36.9 Å². The van der Waals surface area contributed by atoms with Crippen molar-refractivity contribution in [2.75, 3.05) is 37.7 Å². The number of rotatable bonds is 8. The van der Waals surface area contributed by atoms with E-state index >= 15 is 0 Å². The normalized spacial score (nSPS) is 23.7. The summed E-state index contributed by atoms with van der Waals surface area (Å²) in [5, 5.41) is 0.528. The molecule has 6 nitrogen and oxygen atoms in total. The van der Waals surface area contributed by atoms with Gasteiger partial charge >= 0.3 is 0 Å². The number of anilines is 1. The number of nitrogens with zero attached hydrogens (tertiary/aromatic N) is 4. The number of amides is 1. The summed E-state index contributed by atoms with van der Waals surface area (Å²) in [7, 11) is 0. The molecule has 0 spiro atoms. The molecule has 2 unspecified atom stereocenters. The largest absolute Gasteiger partial charge is 0.493 e. The zero-order chi connectivity index (χ0) is 27.1. The molecule has 12 heteroatoms. The first kappa shape index (κ1) is 30.0. The minimum absolute atomic E-state index is 0. The van der Waals surface area contributed by atoms with Crippen molar-refractivity contribution in [2.45, 2.75) is 45.2 Å². The van der Waals surface area contributed by atoms with Crippen LogP contribution in [0.4, 0.5) is 23.5 Å². The van der Waals surface area contributed by atoms with Crippen molar-refractivity contribution in [3.8, 4) is 5.75 Å². The molecule has 3 fully saturated rings. The van der Waals surface area contributed by atoms with Gasteiger partial charge in [-0.3, -0.25) is 4.79 Å². The molecule has 212 valence electrons. The van der Waals surface area contributed by atoms with Gasteiger partial charge in [0, 0.05) is 40.2 Å². The first-order valence-corrected chi connectivity index (χ1v) is 13.2. The maximum atomic E-state index is 14.5. The third kappa shape index (κ3) is 6.87. The van der Waals surface area contributed by atoms with Gasteiger partial charge in [0.1, 0.15) is 11.6 Å². The average Bonchev–Trinajstić information content (AvgIpc) is 3.50. The third-order valence-corrected chi connectivity index (χ3v) is 8.59. The fourth-order valence-electron chi connectivity index (χ4n) is 5.74. The molecule has 1 aliphatic carbocycles. The van der Waals surface area contributed by atoms with E-state index in [1.54, 1.807) is 18.5 Å². The second kappa shape index (κ2) is 11.9. The van der Waals surface area contributed by atoms with Gasteiger partial charge in [-0.25, -0.2) is 27.5 Å². The van der Waals surface area contributed by atoms with Gasteiger partial charge in [-0.1, -0.05) is 37.7 Å². The van der Waals surface area contributed by atoms with Crippen molar-refractivity contribution in [2.24, 2.45) is 17.3 Å². The maximum Gasteiger partial charge on any atom is 0.275 e. The number of ether oxygens (including phenoxy) is 1. The van der Waals surface area contributed by atoms with E-state index in [0.717, 1.165) is 49.6 Å². The quantitative estimate of drug-likeness (QED) is 0.215. The molecule has 39 heavy (non-hydrogen) atoms. The Morgan fingerprint density at radius 2 is 1.87 bits per heavy atom. The van der Waals surface area contributed by atoms with Crippen molar-refractivity contribution in [1.82, 2.24) is 14.9 Å². The number of carbonyl (C=O) groups excluding carboxylic acids is 1. The molecule has 5 rings (SSSR count). The predicted octanol–water partition coefficient (Wildman–Crippen LogP) is 5.50. The Hall–Kier alpha value is -1.93. The number of aromatic nitrogens is 2. The molecule has 2 aromatic rings. The van der Waals surface area contributed by atoms with Crippen LogP contribution in [0.3, 0.4) is 0 Å². The molecule has 1 aromatic carbocycles. The van der Waals surface area contributed by atoms with Crippen LogP contribution >= 0.6 is 11.6 Å². The van der Waals surface area contributed by atoms with Gasteiger partial charge in [-0.05, 0) is 54.6 Å². The van der Waals surface area contributed by atoms with E-state index in [1.165, 1.54) is 12.1 Å². The minimum Gasteiger partial charge on any atom is -0.493 e. The molecular formula is C27H30ClF4MoN4O2-. The fraction of sp³-hybridized carbons (Fsp3) is 0.556. The van der Waals surface area contributed by atoms with Gasteiger partial charge in [-0.2, -0.15) is 5.92 Å². The number of carbonyl (C=O) groups is 1. The molecular weight excluding hydrogens is 620 g/mol.